The minimum absolute atomic E-state index is 0.137. The maximum Gasteiger partial charge on any atom is 0.434 e. The lowest BCUT2D eigenvalue weighted by Gasteiger charge is -2.11. The summed E-state index contributed by atoms with van der Waals surface area (Å²) < 4.78 is 47.3. The van der Waals surface area contributed by atoms with Gasteiger partial charge in [0.2, 0.25) is 5.82 Å². The molecule has 0 saturated carbocycles. The largest absolute Gasteiger partial charge is 0.434 e. The first-order valence-electron chi connectivity index (χ1n) is 8.67. The molecule has 0 radical (unpaired) electrons. The second kappa shape index (κ2) is 7.17. The smallest absolute Gasteiger partial charge is 0.389 e. The molecule has 9 heteroatoms. The Bertz CT molecular complexity index is 1120. The highest BCUT2D eigenvalue weighted by Crippen LogP contribution is 2.38. The molecule has 0 amide bonds. The molecule has 1 N–H and O–H groups in total. The fourth-order valence-electron chi connectivity index (χ4n) is 2.90. The summed E-state index contributed by atoms with van der Waals surface area (Å²) >= 11 is 0. The van der Waals surface area contributed by atoms with Gasteiger partial charge < -0.3 is 9.63 Å². The molecule has 1 unspecified atom stereocenters. The van der Waals surface area contributed by atoms with E-state index in [-0.39, 0.29) is 23.0 Å². The predicted octanol–water partition coefficient (Wildman–Crippen LogP) is 4.66. The van der Waals surface area contributed by atoms with Crippen LogP contribution < -0.4 is 0 Å². The van der Waals surface area contributed by atoms with Crippen molar-refractivity contribution in [1.29, 1.82) is 0 Å². The van der Waals surface area contributed by atoms with Gasteiger partial charge in [0.1, 0.15) is 0 Å². The van der Waals surface area contributed by atoms with E-state index in [1.54, 1.807) is 49.4 Å². The molecule has 29 heavy (non-hydrogen) atoms. The Balaban J connectivity index is 1.75. The number of nitrogens with zero attached hydrogens (tertiary/aromatic N) is 4. The van der Waals surface area contributed by atoms with Gasteiger partial charge in [0.05, 0.1) is 23.6 Å². The number of aromatic nitrogens is 4. The number of alkyl halides is 3. The van der Waals surface area contributed by atoms with Crippen LogP contribution in [0.1, 0.15) is 24.3 Å². The number of benzene rings is 2. The van der Waals surface area contributed by atoms with Crippen LogP contribution in [0.4, 0.5) is 13.2 Å². The van der Waals surface area contributed by atoms with Crippen LogP contribution in [-0.4, -0.2) is 25.0 Å². The SMILES string of the molecule is CC(O)c1ccc(-c2noc(-c3cnn(-c4ccccc4)c3C(F)(F)F)n2)cc1. The normalized spacial score (nSPS) is 12.9. The zero-order chi connectivity index (χ0) is 20.6. The van der Waals surface area contributed by atoms with Crippen molar-refractivity contribution in [3.05, 3.63) is 72.1 Å². The van der Waals surface area contributed by atoms with E-state index >= 15 is 0 Å². The van der Waals surface area contributed by atoms with E-state index in [0.29, 0.717) is 11.1 Å². The lowest BCUT2D eigenvalue weighted by molar-refractivity contribution is -0.142. The third-order valence-electron chi connectivity index (χ3n) is 4.35. The molecule has 148 valence electrons. The molecule has 0 aliphatic rings. The lowest BCUT2D eigenvalue weighted by Crippen LogP contribution is -2.14. The van der Waals surface area contributed by atoms with Gasteiger partial charge in [-0.15, -0.1) is 0 Å². The first-order valence-corrected chi connectivity index (χ1v) is 8.67. The molecule has 2 heterocycles. The summed E-state index contributed by atoms with van der Waals surface area (Å²) in [6.45, 7) is 1.63. The van der Waals surface area contributed by atoms with E-state index in [9.17, 15) is 18.3 Å². The first kappa shape index (κ1) is 18.9. The molecule has 0 bridgehead atoms. The van der Waals surface area contributed by atoms with Gasteiger partial charge in [0.15, 0.2) is 5.69 Å². The number of halogens is 3. The van der Waals surface area contributed by atoms with Crippen molar-refractivity contribution in [3.63, 3.8) is 0 Å². The maximum atomic E-state index is 13.8. The Morgan fingerprint density at radius 1 is 1.03 bits per heavy atom. The average molecular weight is 400 g/mol. The van der Waals surface area contributed by atoms with Crippen molar-refractivity contribution in [1.82, 2.24) is 19.9 Å². The highest BCUT2D eigenvalue weighted by molar-refractivity contribution is 5.62. The van der Waals surface area contributed by atoms with Crippen molar-refractivity contribution in [2.24, 2.45) is 0 Å². The molecule has 4 aromatic rings. The van der Waals surface area contributed by atoms with E-state index < -0.39 is 18.0 Å². The molecule has 4 rings (SSSR count). The van der Waals surface area contributed by atoms with Crippen molar-refractivity contribution < 1.29 is 22.8 Å². The molecule has 0 aliphatic heterocycles. The minimum Gasteiger partial charge on any atom is -0.389 e. The Morgan fingerprint density at radius 2 is 1.72 bits per heavy atom. The molecule has 0 fully saturated rings. The van der Waals surface area contributed by atoms with Crippen LogP contribution in [0.2, 0.25) is 0 Å². The van der Waals surface area contributed by atoms with Crippen LogP contribution in [0.5, 0.6) is 0 Å². The molecule has 1 atom stereocenters. The number of para-hydroxylation sites is 1. The maximum absolute atomic E-state index is 13.8. The van der Waals surface area contributed by atoms with Crippen LogP contribution in [0, 0.1) is 0 Å². The van der Waals surface area contributed by atoms with Crippen LogP contribution in [0.3, 0.4) is 0 Å². The van der Waals surface area contributed by atoms with Crippen molar-refractivity contribution >= 4 is 0 Å². The van der Waals surface area contributed by atoms with E-state index in [4.69, 9.17) is 4.52 Å². The van der Waals surface area contributed by atoms with Gasteiger partial charge in [0.25, 0.3) is 5.89 Å². The van der Waals surface area contributed by atoms with E-state index in [1.807, 2.05) is 0 Å². The van der Waals surface area contributed by atoms with E-state index in [2.05, 4.69) is 15.2 Å². The standard InChI is InChI=1S/C20H15F3N4O2/c1-12(28)13-7-9-14(10-8-13)18-25-19(29-26-18)16-11-24-27(17(16)20(21,22)23)15-5-3-2-4-6-15/h2-12,28H,1H3. The molecule has 6 nitrogen and oxygen atoms in total. The Kier molecular flexibility index (Phi) is 4.67. The Labute approximate surface area is 163 Å². The molecule has 0 aliphatic carbocycles. The lowest BCUT2D eigenvalue weighted by atomic mass is 10.1. The van der Waals surface area contributed by atoms with Crippen LogP contribution >= 0.6 is 0 Å². The van der Waals surface area contributed by atoms with Gasteiger partial charge in [-0.05, 0) is 24.6 Å². The van der Waals surface area contributed by atoms with Gasteiger partial charge in [-0.25, -0.2) is 4.68 Å². The fourth-order valence-corrected chi connectivity index (χ4v) is 2.90. The first-order chi connectivity index (χ1) is 13.8. The summed E-state index contributed by atoms with van der Waals surface area (Å²) in [5.41, 5.74) is 0.206. The van der Waals surface area contributed by atoms with E-state index in [1.165, 1.54) is 12.1 Å². The Hall–Kier alpha value is -3.46. The number of aliphatic hydroxyl groups is 1. The van der Waals surface area contributed by atoms with E-state index in [0.717, 1.165) is 10.9 Å². The highest BCUT2D eigenvalue weighted by atomic mass is 19.4. The van der Waals surface area contributed by atoms with Gasteiger partial charge in [-0.1, -0.05) is 47.6 Å². The van der Waals surface area contributed by atoms with Gasteiger partial charge >= 0.3 is 6.18 Å². The fraction of sp³-hybridized carbons (Fsp3) is 0.150. The second-order valence-electron chi connectivity index (χ2n) is 6.37. The third kappa shape index (κ3) is 3.64. The van der Waals surface area contributed by atoms with Crippen molar-refractivity contribution in [3.8, 4) is 28.5 Å². The molecule has 0 spiro atoms. The van der Waals surface area contributed by atoms with Gasteiger partial charge in [-0.2, -0.15) is 23.3 Å². The summed E-state index contributed by atoms with van der Waals surface area (Å²) in [6.07, 6.45) is -4.26. The van der Waals surface area contributed by atoms with Crippen LogP contribution in [0.15, 0.2) is 65.3 Å². The van der Waals surface area contributed by atoms with Crippen molar-refractivity contribution in [2.45, 2.75) is 19.2 Å². The summed E-state index contributed by atoms with van der Waals surface area (Å²) in [4.78, 5) is 4.11. The molecular formula is C20H15F3N4O2. The van der Waals surface area contributed by atoms with Crippen molar-refractivity contribution in [2.75, 3.05) is 0 Å². The summed E-state index contributed by atoms with van der Waals surface area (Å²) in [7, 11) is 0. The quantitative estimate of drug-likeness (QED) is 0.539. The highest BCUT2D eigenvalue weighted by Gasteiger charge is 2.40. The zero-order valence-electron chi connectivity index (χ0n) is 15.1. The van der Waals surface area contributed by atoms with Gasteiger partial charge in [0, 0.05) is 5.56 Å². The van der Waals surface area contributed by atoms with Crippen LogP contribution in [-0.2, 0) is 6.18 Å². The third-order valence-corrected chi connectivity index (χ3v) is 4.35. The topological polar surface area (TPSA) is 77.0 Å². The summed E-state index contributed by atoms with van der Waals surface area (Å²) in [6, 6.07) is 14.7. The molecule has 0 saturated heterocycles. The average Bonchev–Trinajstić information content (AvgIpc) is 3.35. The number of hydrogen-bond donors (Lipinski definition) is 1. The minimum atomic E-state index is -4.69. The molecular weight excluding hydrogens is 385 g/mol. The summed E-state index contributed by atoms with van der Waals surface area (Å²) in [5.74, 6) is -0.146. The molecule has 2 aromatic heterocycles. The van der Waals surface area contributed by atoms with Gasteiger partial charge in [-0.3, -0.25) is 0 Å². The number of rotatable bonds is 4. The monoisotopic (exact) mass is 400 g/mol. The summed E-state index contributed by atoms with van der Waals surface area (Å²) in [5, 5.41) is 17.2. The second-order valence-corrected chi connectivity index (χ2v) is 6.37. The zero-order valence-corrected chi connectivity index (χ0v) is 15.1. The number of aliphatic hydroxyl groups excluding tert-OH is 1. The molecule has 2 aromatic carbocycles. The Morgan fingerprint density at radius 3 is 2.34 bits per heavy atom. The van der Waals surface area contributed by atoms with Crippen LogP contribution in [0.25, 0.3) is 28.5 Å². The number of hydrogen-bond acceptors (Lipinski definition) is 5. The predicted molar refractivity (Wildman–Crippen MR) is 97.9 cm³/mol.